The van der Waals surface area contributed by atoms with Gasteiger partial charge in [-0.05, 0) is 59.2 Å². The monoisotopic (exact) mass is 408 g/mol. The molecule has 0 spiro atoms. The zero-order valence-corrected chi connectivity index (χ0v) is 16.8. The molecule has 0 amide bonds. The van der Waals surface area contributed by atoms with Crippen LogP contribution in [0.5, 0.6) is 0 Å². The third-order valence-corrected chi connectivity index (χ3v) is 5.96. The lowest BCUT2D eigenvalue weighted by Crippen LogP contribution is -2.76. The first kappa shape index (κ1) is 22.2. The Labute approximate surface area is 165 Å². The number of halogens is 3. The van der Waals surface area contributed by atoms with Gasteiger partial charge in [0.25, 0.3) is 0 Å². The average molecular weight is 409 g/mol. The van der Waals surface area contributed by atoms with Crippen LogP contribution in [-0.4, -0.2) is 68.8 Å². The van der Waals surface area contributed by atoms with Gasteiger partial charge in [-0.3, -0.25) is 26.6 Å². The predicted octanol–water partition coefficient (Wildman–Crippen LogP) is 1.05. The van der Waals surface area contributed by atoms with Gasteiger partial charge in [-0.25, -0.2) is 0 Å². The summed E-state index contributed by atoms with van der Waals surface area (Å²) in [6, 6.07) is 0.223. The van der Waals surface area contributed by atoms with Gasteiger partial charge in [0.15, 0.2) is 6.35 Å². The van der Waals surface area contributed by atoms with Gasteiger partial charge in [-0.2, -0.15) is 13.2 Å². The van der Waals surface area contributed by atoms with Crippen molar-refractivity contribution in [1.82, 2.24) is 31.5 Å². The lowest BCUT2D eigenvalue weighted by atomic mass is 9.85. The summed E-state index contributed by atoms with van der Waals surface area (Å²) >= 11 is 0. The van der Waals surface area contributed by atoms with E-state index in [9.17, 15) is 13.2 Å². The fraction of sp³-hybridized carbons (Fsp3) is 1.00. The second kappa shape index (κ2) is 10.0. The topological polar surface area (TPSA) is 72.6 Å². The molecule has 3 rings (SSSR count). The number of hydrogen-bond donors (Lipinski definition) is 5. The fourth-order valence-electron chi connectivity index (χ4n) is 4.35. The van der Waals surface area contributed by atoms with Crippen LogP contribution in [0.3, 0.4) is 0 Å². The van der Waals surface area contributed by atoms with Crippen molar-refractivity contribution in [3.8, 4) is 0 Å². The Morgan fingerprint density at radius 1 is 0.964 bits per heavy atom. The first-order valence-corrected chi connectivity index (χ1v) is 10.5. The minimum absolute atomic E-state index is 0.128. The molecule has 164 valence electrons. The number of nitrogens with one attached hydrogen (secondary N) is 5. The summed E-state index contributed by atoms with van der Waals surface area (Å²) in [5.74, 6) is -1.21. The Morgan fingerprint density at radius 3 is 2.21 bits per heavy atom. The molecule has 28 heavy (non-hydrogen) atoms. The van der Waals surface area contributed by atoms with E-state index in [0.717, 1.165) is 32.4 Å². The van der Waals surface area contributed by atoms with Crippen LogP contribution >= 0.6 is 0 Å². The summed E-state index contributed by atoms with van der Waals surface area (Å²) in [6.45, 7) is 4.57. The van der Waals surface area contributed by atoms with E-state index in [1.807, 2.05) is 6.92 Å². The van der Waals surface area contributed by atoms with Gasteiger partial charge in [-0.15, -0.1) is 0 Å². The largest absolute Gasteiger partial charge is 0.391 e. The molecule has 0 bridgehead atoms. The van der Waals surface area contributed by atoms with Crippen molar-refractivity contribution in [3.05, 3.63) is 0 Å². The highest BCUT2D eigenvalue weighted by Crippen LogP contribution is 2.37. The first-order chi connectivity index (χ1) is 13.3. The Hall–Kier alpha value is -0.490. The maximum Gasteiger partial charge on any atom is 0.391 e. The van der Waals surface area contributed by atoms with Gasteiger partial charge in [-0.1, -0.05) is 6.42 Å². The van der Waals surface area contributed by atoms with Crippen LogP contribution in [0.1, 0.15) is 45.4 Å². The Morgan fingerprint density at radius 2 is 1.61 bits per heavy atom. The molecule has 10 heteroatoms. The van der Waals surface area contributed by atoms with Crippen LogP contribution in [0.4, 0.5) is 13.2 Å². The summed E-state index contributed by atoms with van der Waals surface area (Å²) < 4.78 is 45.0. The van der Waals surface area contributed by atoms with Gasteiger partial charge < -0.3 is 9.64 Å². The standard InChI is InChI=1S/C18H35F3N6O/c1-3-28-17-25-15(22-13-7-9-27(2)10-8-13)24-16(26-17)23-14-6-4-5-12(11-14)18(19,20)21/h12-17,22-26H,3-11H2,1-2H3. The highest BCUT2D eigenvalue weighted by Gasteiger charge is 2.42. The van der Waals surface area contributed by atoms with Gasteiger partial charge in [0, 0.05) is 18.7 Å². The summed E-state index contributed by atoms with van der Waals surface area (Å²) in [4.78, 5) is 2.31. The molecule has 0 aromatic rings. The zero-order chi connectivity index (χ0) is 20.1. The number of likely N-dealkylation sites (tertiary alicyclic amines) is 1. The van der Waals surface area contributed by atoms with Crippen molar-refractivity contribution in [2.24, 2.45) is 5.92 Å². The van der Waals surface area contributed by atoms with E-state index < -0.39 is 12.1 Å². The molecule has 1 saturated carbocycles. The summed E-state index contributed by atoms with van der Waals surface area (Å²) in [5, 5.41) is 16.9. The molecular weight excluding hydrogens is 373 g/mol. The van der Waals surface area contributed by atoms with E-state index in [1.54, 1.807) is 0 Å². The van der Waals surface area contributed by atoms with Crippen molar-refractivity contribution in [2.45, 2.75) is 82.6 Å². The number of alkyl halides is 3. The highest BCUT2D eigenvalue weighted by atomic mass is 19.4. The molecule has 0 aromatic heterocycles. The molecule has 7 nitrogen and oxygen atoms in total. The van der Waals surface area contributed by atoms with E-state index in [-0.39, 0.29) is 37.8 Å². The summed E-state index contributed by atoms with van der Waals surface area (Å²) in [5.41, 5.74) is 0. The number of rotatable bonds is 6. The summed E-state index contributed by atoms with van der Waals surface area (Å²) in [7, 11) is 2.13. The van der Waals surface area contributed by atoms with E-state index in [4.69, 9.17) is 4.74 Å². The molecule has 2 saturated heterocycles. The Bertz CT molecular complexity index is 475. The molecule has 3 fully saturated rings. The van der Waals surface area contributed by atoms with Crippen LogP contribution in [-0.2, 0) is 4.74 Å². The summed E-state index contributed by atoms with van der Waals surface area (Å²) in [6.07, 6.45) is -1.13. The highest BCUT2D eigenvalue weighted by molar-refractivity contribution is 4.87. The van der Waals surface area contributed by atoms with E-state index in [0.29, 0.717) is 19.1 Å². The van der Waals surface area contributed by atoms with Crippen LogP contribution in [0.2, 0.25) is 0 Å². The smallest absolute Gasteiger partial charge is 0.350 e. The first-order valence-electron chi connectivity index (χ1n) is 10.5. The Kier molecular flexibility index (Phi) is 7.94. The molecule has 2 heterocycles. The van der Waals surface area contributed by atoms with Crippen molar-refractivity contribution < 1.29 is 17.9 Å². The molecule has 0 aromatic carbocycles. The molecule has 3 aliphatic rings. The number of nitrogens with zero attached hydrogens (tertiary/aromatic N) is 1. The van der Waals surface area contributed by atoms with Gasteiger partial charge >= 0.3 is 6.18 Å². The zero-order valence-electron chi connectivity index (χ0n) is 16.8. The predicted molar refractivity (Wildman–Crippen MR) is 101 cm³/mol. The lowest BCUT2D eigenvalue weighted by molar-refractivity contribution is -0.184. The van der Waals surface area contributed by atoms with E-state index >= 15 is 0 Å². The number of ether oxygens (including phenoxy) is 1. The van der Waals surface area contributed by atoms with Gasteiger partial charge in [0.2, 0.25) is 0 Å². The fourth-order valence-corrected chi connectivity index (χ4v) is 4.35. The van der Waals surface area contributed by atoms with E-state index in [1.165, 1.54) is 0 Å². The number of piperidine rings is 1. The normalized spacial score (nSPS) is 36.5. The molecule has 5 unspecified atom stereocenters. The molecule has 1 aliphatic carbocycles. The average Bonchev–Trinajstić information content (AvgIpc) is 2.63. The van der Waals surface area contributed by atoms with Crippen molar-refractivity contribution in [2.75, 3.05) is 26.7 Å². The molecule has 0 radical (unpaired) electrons. The second-order valence-corrected chi connectivity index (χ2v) is 8.21. The van der Waals surface area contributed by atoms with Crippen LogP contribution < -0.4 is 26.6 Å². The second-order valence-electron chi connectivity index (χ2n) is 8.21. The number of hydrogen-bond acceptors (Lipinski definition) is 7. The maximum absolute atomic E-state index is 13.1. The van der Waals surface area contributed by atoms with Crippen molar-refractivity contribution >= 4 is 0 Å². The molecule has 2 aliphatic heterocycles. The lowest BCUT2D eigenvalue weighted by Gasteiger charge is -2.43. The van der Waals surface area contributed by atoms with Crippen LogP contribution in [0.25, 0.3) is 0 Å². The minimum Gasteiger partial charge on any atom is -0.350 e. The van der Waals surface area contributed by atoms with Crippen LogP contribution in [0.15, 0.2) is 0 Å². The van der Waals surface area contributed by atoms with Crippen LogP contribution in [0, 0.1) is 5.92 Å². The van der Waals surface area contributed by atoms with Gasteiger partial charge in [0.1, 0.15) is 12.6 Å². The van der Waals surface area contributed by atoms with E-state index in [2.05, 4.69) is 38.5 Å². The SMILES string of the molecule is CCOC1NC(NC2CCN(C)CC2)NC(NC2CCCC(C(F)(F)F)C2)N1. The van der Waals surface area contributed by atoms with Crippen molar-refractivity contribution in [3.63, 3.8) is 0 Å². The minimum atomic E-state index is -4.11. The molecule has 5 N–H and O–H groups in total. The molecular formula is C18H35F3N6O. The maximum atomic E-state index is 13.1. The third kappa shape index (κ3) is 6.51. The third-order valence-electron chi connectivity index (χ3n) is 5.96. The Balaban J connectivity index is 1.53. The quantitative estimate of drug-likeness (QED) is 0.450. The van der Waals surface area contributed by atoms with Gasteiger partial charge in [0.05, 0.1) is 5.92 Å². The molecule has 5 atom stereocenters. The van der Waals surface area contributed by atoms with Crippen molar-refractivity contribution in [1.29, 1.82) is 0 Å².